The van der Waals surface area contributed by atoms with E-state index in [0.717, 1.165) is 0 Å². The number of rotatable bonds is 2. The van der Waals surface area contributed by atoms with Crippen LogP contribution in [0.4, 0.5) is 5.69 Å². The maximum Gasteiger partial charge on any atom is 0.514 e. The molecule has 18 heavy (non-hydrogen) atoms. The number of nitrogens with zero attached hydrogens (tertiary/aromatic N) is 1. The summed E-state index contributed by atoms with van der Waals surface area (Å²) < 4.78 is 16.9. The highest BCUT2D eigenvalue weighted by Crippen LogP contribution is 2.36. The molecule has 0 spiro atoms. The van der Waals surface area contributed by atoms with Crippen LogP contribution in [0, 0.1) is 0 Å². The van der Waals surface area contributed by atoms with Crippen LogP contribution in [0.5, 0.6) is 5.88 Å². The largest absolute Gasteiger partial charge is 0.514 e. The van der Waals surface area contributed by atoms with Crippen molar-refractivity contribution in [2.45, 2.75) is 38.9 Å². The van der Waals surface area contributed by atoms with Gasteiger partial charge in [0.05, 0.1) is 29.6 Å². The van der Waals surface area contributed by atoms with Gasteiger partial charge in [0.1, 0.15) is 0 Å². The molecule has 0 unspecified atom stereocenters. The summed E-state index contributed by atoms with van der Waals surface area (Å²) in [5.41, 5.74) is 6.14. The first kappa shape index (κ1) is 13.2. The average molecular weight is 250 g/mol. The molecule has 0 radical (unpaired) electrons. The van der Waals surface area contributed by atoms with Gasteiger partial charge in [0.15, 0.2) is 0 Å². The van der Waals surface area contributed by atoms with Crippen molar-refractivity contribution in [1.82, 2.24) is 4.98 Å². The number of aromatic nitrogens is 1. The Balaban J connectivity index is 2.30. The van der Waals surface area contributed by atoms with Crippen LogP contribution in [0.25, 0.3) is 0 Å². The predicted molar refractivity (Wildman–Crippen MR) is 70.9 cm³/mol. The van der Waals surface area contributed by atoms with Crippen LogP contribution < -0.4 is 16.1 Å². The zero-order chi connectivity index (χ0) is 13.6. The Morgan fingerprint density at radius 1 is 1.17 bits per heavy atom. The highest BCUT2D eigenvalue weighted by molar-refractivity contribution is 6.61. The molecule has 1 aromatic rings. The normalized spacial score (nSPS) is 21.1. The van der Waals surface area contributed by atoms with Crippen molar-refractivity contribution in [1.29, 1.82) is 0 Å². The Bertz CT molecular complexity index is 447. The fraction of sp³-hybridized carbons (Fsp3) is 0.583. The monoisotopic (exact) mass is 250 g/mol. The molecule has 5 nitrogen and oxygen atoms in total. The Kier molecular flexibility index (Phi) is 3.03. The molecule has 0 aliphatic carbocycles. The lowest BCUT2D eigenvalue weighted by Crippen LogP contribution is -2.41. The van der Waals surface area contributed by atoms with Crippen LogP contribution in [-0.2, 0) is 9.31 Å². The molecule has 2 heterocycles. The molecule has 6 heteroatoms. The maximum absolute atomic E-state index is 5.91. The molecule has 1 aliphatic heterocycles. The van der Waals surface area contributed by atoms with E-state index in [1.54, 1.807) is 12.1 Å². The second-order valence-corrected chi connectivity index (χ2v) is 5.42. The number of ether oxygens (including phenoxy) is 1. The molecule has 2 N–H and O–H groups in total. The van der Waals surface area contributed by atoms with Gasteiger partial charge in [0, 0.05) is 0 Å². The van der Waals surface area contributed by atoms with E-state index in [-0.39, 0.29) is 11.2 Å². The van der Waals surface area contributed by atoms with Crippen LogP contribution in [0.1, 0.15) is 27.7 Å². The number of anilines is 1. The first-order chi connectivity index (χ1) is 8.27. The molecule has 2 rings (SSSR count). The molecule has 0 atom stereocenters. The van der Waals surface area contributed by atoms with Gasteiger partial charge in [0.2, 0.25) is 5.88 Å². The fourth-order valence-corrected chi connectivity index (χ4v) is 1.72. The standard InChI is InChI=1S/C12H19BN2O3/c1-11(2)12(3,4)18-13(17-11)9-7-6-8(14)10(15-9)16-5/h6-7H,14H2,1-5H3. The molecule has 1 aliphatic rings. The molecular weight excluding hydrogens is 231 g/mol. The minimum absolute atomic E-state index is 0.381. The molecule has 1 fully saturated rings. The predicted octanol–water partition coefficient (Wildman–Crippen LogP) is 0.972. The summed E-state index contributed by atoms with van der Waals surface area (Å²) >= 11 is 0. The van der Waals surface area contributed by atoms with Crippen molar-refractivity contribution < 1.29 is 14.0 Å². The van der Waals surface area contributed by atoms with E-state index in [1.165, 1.54) is 7.11 Å². The van der Waals surface area contributed by atoms with Gasteiger partial charge in [-0.15, -0.1) is 0 Å². The van der Waals surface area contributed by atoms with Crippen LogP contribution >= 0.6 is 0 Å². The third-order valence-corrected chi connectivity index (χ3v) is 3.60. The fourth-order valence-electron chi connectivity index (χ4n) is 1.72. The molecule has 0 bridgehead atoms. The Morgan fingerprint density at radius 2 is 1.72 bits per heavy atom. The quantitative estimate of drug-likeness (QED) is 0.792. The zero-order valence-corrected chi connectivity index (χ0v) is 11.5. The van der Waals surface area contributed by atoms with Gasteiger partial charge in [-0.2, -0.15) is 0 Å². The van der Waals surface area contributed by atoms with Crippen molar-refractivity contribution in [3.63, 3.8) is 0 Å². The minimum atomic E-state index is -0.496. The molecule has 0 amide bonds. The lowest BCUT2D eigenvalue weighted by Gasteiger charge is -2.32. The van der Waals surface area contributed by atoms with Crippen molar-refractivity contribution in [2.75, 3.05) is 12.8 Å². The Hall–Kier alpha value is -1.27. The van der Waals surface area contributed by atoms with E-state index in [1.807, 2.05) is 27.7 Å². The first-order valence-corrected chi connectivity index (χ1v) is 5.93. The maximum atomic E-state index is 5.91. The molecular formula is C12H19BN2O3. The summed E-state index contributed by atoms with van der Waals surface area (Å²) in [7, 11) is 1.04. The van der Waals surface area contributed by atoms with Gasteiger partial charge in [-0.05, 0) is 39.8 Å². The van der Waals surface area contributed by atoms with Gasteiger partial charge in [-0.1, -0.05) is 0 Å². The van der Waals surface area contributed by atoms with Gasteiger partial charge in [-0.3, -0.25) is 0 Å². The van der Waals surface area contributed by atoms with Crippen LogP contribution in [0.3, 0.4) is 0 Å². The third kappa shape index (κ3) is 2.06. The number of methoxy groups -OCH3 is 1. The minimum Gasteiger partial charge on any atom is -0.480 e. The number of hydrogen-bond donors (Lipinski definition) is 1. The number of hydrogen-bond acceptors (Lipinski definition) is 5. The lowest BCUT2D eigenvalue weighted by atomic mass is 9.84. The lowest BCUT2D eigenvalue weighted by molar-refractivity contribution is 0.00578. The summed E-state index contributed by atoms with van der Waals surface area (Å²) in [5, 5.41) is 0. The van der Waals surface area contributed by atoms with Crippen LogP contribution in [0.15, 0.2) is 12.1 Å². The molecule has 1 saturated heterocycles. The van der Waals surface area contributed by atoms with E-state index in [4.69, 9.17) is 19.8 Å². The summed E-state index contributed by atoms with van der Waals surface area (Å²) in [6, 6.07) is 3.53. The highest BCUT2D eigenvalue weighted by atomic mass is 16.7. The van der Waals surface area contributed by atoms with Gasteiger partial charge < -0.3 is 19.8 Å². The summed E-state index contributed by atoms with van der Waals surface area (Å²) in [5.74, 6) is 0.391. The van der Waals surface area contributed by atoms with E-state index in [9.17, 15) is 0 Å². The zero-order valence-electron chi connectivity index (χ0n) is 11.5. The summed E-state index contributed by atoms with van der Waals surface area (Å²) in [6.45, 7) is 8.01. The molecule has 0 saturated carbocycles. The smallest absolute Gasteiger partial charge is 0.480 e. The third-order valence-electron chi connectivity index (χ3n) is 3.60. The Morgan fingerprint density at radius 3 is 2.22 bits per heavy atom. The van der Waals surface area contributed by atoms with E-state index >= 15 is 0 Å². The van der Waals surface area contributed by atoms with E-state index in [0.29, 0.717) is 17.2 Å². The Labute approximate surface area is 108 Å². The van der Waals surface area contributed by atoms with Gasteiger partial charge in [-0.25, -0.2) is 4.98 Å². The second kappa shape index (κ2) is 4.14. The molecule has 0 aromatic carbocycles. The van der Waals surface area contributed by atoms with Gasteiger partial charge >= 0.3 is 7.12 Å². The molecule has 1 aromatic heterocycles. The second-order valence-electron chi connectivity index (χ2n) is 5.42. The number of nitrogens with two attached hydrogens (primary N) is 1. The highest BCUT2D eigenvalue weighted by Gasteiger charge is 2.52. The average Bonchev–Trinajstić information content (AvgIpc) is 2.49. The summed E-state index contributed by atoms with van der Waals surface area (Å²) in [4.78, 5) is 4.31. The van der Waals surface area contributed by atoms with Gasteiger partial charge in [0.25, 0.3) is 0 Å². The van der Waals surface area contributed by atoms with Crippen molar-refractivity contribution in [2.24, 2.45) is 0 Å². The van der Waals surface area contributed by atoms with Crippen molar-refractivity contribution in [3.8, 4) is 5.88 Å². The van der Waals surface area contributed by atoms with Crippen molar-refractivity contribution in [3.05, 3.63) is 12.1 Å². The van der Waals surface area contributed by atoms with Crippen LogP contribution in [0.2, 0.25) is 0 Å². The van der Waals surface area contributed by atoms with E-state index < -0.39 is 7.12 Å². The topological polar surface area (TPSA) is 66.6 Å². The van der Waals surface area contributed by atoms with Crippen molar-refractivity contribution >= 4 is 18.4 Å². The van der Waals surface area contributed by atoms with Crippen LogP contribution in [-0.4, -0.2) is 30.4 Å². The molecule has 98 valence electrons. The number of pyridine rings is 1. The summed E-state index contributed by atoms with van der Waals surface area (Å²) in [6.07, 6.45) is 0. The SMILES string of the molecule is COc1nc(B2OC(C)(C)C(C)(C)O2)ccc1N. The first-order valence-electron chi connectivity index (χ1n) is 5.93. The van der Waals surface area contributed by atoms with E-state index in [2.05, 4.69) is 4.98 Å². The number of nitrogen functional groups attached to an aromatic ring is 1.